The fourth-order valence-electron chi connectivity index (χ4n) is 3.97. The van der Waals surface area contributed by atoms with Crippen LogP contribution in [0.5, 0.6) is 0 Å². The average Bonchev–Trinajstić information content (AvgIpc) is 3.20. The zero-order valence-corrected chi connectivity index (χ0v) is 17.5. The lowest BCUT2D eigenvalue weighted by Crippen LogP contribution is -2.45. The molecular formula is C24H23FN6O. The van der Waals surface area contributed by atoms with Gasteiger partial charge in [0, 0.05) is 50.6 Å². The monoisotopic (exact) mass is 430 g/mol. The van der Waals surface area contributed by atoms with Crippen molar-refractivity contribution in [3.05, 3.63) is 89.5 Å². The minimum atomic E-state index is -0.433. The molecule has 8 heteroatoms. The first-order valence-electron chi connectivity index (χ1n) is 10.6. The smallest absolute Gasteiger partial charge is 0.253 e. The number of imidazole rings is 1. The molecular weight excluding hydrogens is 407 g/mol. The lowest BCUT2D eigenvalue weighted by molar-refractivity contribution is 0.0949. The number of nitrogens with zero attached hydrogens (tertiary/aromatic N) is 4. The third-order valence-electron chi connectivity index (χ3n) is 5.80. The molecule has 0 bridgehead atoms. The Balaban J connectivity index is 1.13. The fraction of sp³-hybridized carbons (Fsp3) is 0.250. The van der Waals surface area contributed by atoms with E-state index >= 15 is 0 Å². The van der Waals surface area contributed by atoms with E-state index < -0.39 is 5.82 Å². The number of aromatic amines is 1. The lowest BCUT2D eigenvalue weighted by Gasteiger charge is -2.39. The van der Waals surface area contributed by atoms with Crippen LogP contribution in [0.2, 0.25) is 0 Å². The molecule has 0 spiro atoms. The van der Waals surface area contributed by atoms with Crippen molar-refractivity contribution in [2.45, 2.75) is 18.9 Å². The number of nitrogens with one attached hydrogen (secondary N) is 2. The molecule has 1 amide bonds. The SMILES string of the molecule is O=C(NCc1ncccc1F)c1cncc(C2CN(CCc3nc4ccccc4[nH]3)C2)c1. The fourth-order valence-corrected chi connectivity index (χ4v) is 3.97. The summed E-state index contributed by atoms with van der Waals surface area (Å²) < 4.78 is 13.7. The summed E-state index contributed by atoms with van der Waals surface area (Å²) in [6.07, 6.45) is 5.72. The highest BCUT2D eigenvalue weighted by molar-refractivity contribution is 5.94. The van der Waals surface area contributed by atoms with E-state index in [-0.39, 0.29) is 18.1 Å². The quantitative estimate of drug-likeness (QED) is 0.471. The molecule has 3 aromatic heterocycles. The third-order valence-corrected chi connectivity index (χ3v) is 5.80. The van der Waals surface area contributed by atoms with E-state index in [0.29, 0.717) is 11.5 Å². The van der Waals surface area contributed by atoms with Gasteiger partial charge in [-0.05, 0) is 35.9 Å². The summed E-state index contributed by atoms with van der Waals surface area (Å²) in [5.41, 5.74) is 3.79. The average molecular weight is 430 g/mol. The molecule has 1 fully saturated rings. The van der Waals surface area contributed by atoms with Gasteiger partial charge in [-0.15, -0.1) is 0 Å². The van der Waals surface area contributed by atoms with Gasteiger partial charge in [-0.3, -0.25) is 14.8 Å². The van der Waals surface area contributed by atoms with Crippen molar-refractivity contribution in [2.24, 2.45) is 0 Å². The van der Waals surface area contributed by atoms with Gasteiger partial charge in [-0.25, -0.2) is 9.37 Å². The molecule has 4 aromatic rings. The van der Waals surface area contributed by atoms with Crippen LogP contribution in [0.25, 0.3) is 11.0 Å². The second-order valence-corrected chi connectivity index (χ2v) is 8.03. The number of likely N-dealkylation sites (tertiary alicyclic amines) is 1. The van der Waals surface area contributed by atoms with E-state index in [0.717, 1.165) is 48.5 Å². The van der Waals surface area contributed by atoms with E-state index in [1.54, 1.807) is 0 Å². The summed E-state index contributed by atoms with van der Waals surface area (Å²) in [5.74, 6) is 0.626. The second-order valence-electron chi connectivity index (χ2n) is 8.03. The third kappa shape index (κ3) is 4.36. The van der Waals surface area contributed by atoms with Crippen LogP contribution >= 0.6 is 0 Å². The number of halogens is 1. The lowest BCUT2D eigenvalue weighted by atomic mass is 9.91. The van der Waals surface area contributed by atoms with Crippen molar-refractivity contribution < 1.29 is 9.18 Å². The highest BCUT2D eigenvalue weighted by Crippen LogP contribution is 2.27. The van der Waals surface area contributed by atoms with Gasteiger partial charge in [0.1, 0.15) is 11.6 Å². The minimum Gasteiger partial charge on any atom is -0.346 e. The zero-order valence-electron chi connectivity index (χ0n) is 17.5. The van der Waals surface area contributed by atoms with Crippen LogP contribution in [-0.2, 0) is 13.0 Å². The topological polar surface area (TPSA) is 86.8 Å². The molecule has 1 aliphatic rings. The Hall–Kier alpha value is -3.65. The minimum absolute atomic E-state index is 0.0364. The molecule has 4 heterocycles. The van der Waals surface area contributed by atoms with Gasteiger partial charge in [-0.1, -0.05) is 12.1 Å². The highest BCUT2D eigenvalue weighted by Gasteiger charge is 2.28. The molecule has 32 heavy (non-hydrogen) atoms. The first kappa shape index (κ1) is 20.3. The Labute approximate surface area is 184 Å². The number of hydrogen-bond acceptors (Lipinski definition) is 5. The molecule has 2 N–H and O–H groups in total. The molecule has 0 saturated carbocycles. The van der Waals surface area contributed by atoms with E-state index in [2.05, 4.69) is 30.2 Å². The second kappa shape index (κ2) is 8.84. The van der Waals surface area contributed by atoms with Gasteiger partial charge in [0.25, 0.3) is 5.91 Å². The molecule has 1 aromatic carbocycles. The Morgan fingerprint density at radius 1 is 1.19 bits per heavy atom. The number of amides is 1. The summed E-state index contributed by atoms with van der Waals surface area (Å²) in [6, 6.07) is 12.8. The summed E-state index contributed by atoms with van der Waals surface area (Å²) in [5, 5.41) is 2.71. The number of H-pyrrole nitrogens is 1. The van der Waals surface area contributed by atoms with Crippen molar-refractivity contribution in [3.63, 3.8) is 0 Å². The zero-order chi connectivity index (χ0) is 21.9. The standard InChI is InChI=1S/C24H23FN6O/c25-19-4-3-8-27-22(19)13-28-24(32)17-10-16(11-26-12-17)18-14-31(15-18)9-7-23-29-20-5-1-2-6-21(20)30-23/h1-6,8,10-12,18H,7,9,13-15H2,(H,28,32)(H,29,30). The maximum atomic E-state index is 13.7. The molecule has 7 nitrogen and oxygen atoms in total. The van der Waals surface area contributed by atoms with Crippen molar-refractivity contribution in [1.82, 2.24) is 30.2 Å². The Bertz CT molecular complexity index is 1220. The van der Waals surface area contributed by atoms with Crippen LogP contribution in [0.4, 0.5) is 4.39 Å². The van der Waals surface area contributed by atoms with Crippen LogP contribution in [0.1, 0.15) is 33.4 Å². The normalized spacial score (nSPS) is 14.4. The highest BCUT2D eigenvalue weighted by atomic mass is 19.1. The number of aromatic nitrogens is 4. The number of pyridine rings is 2. The Morgan fingerprint density at radius 3 is 2.91 bits per heavy atom. The van der Waals surface area contributed by atoms with Crippen molar-refractivity contribution in [2.75, 3.05) is 19.6 Å². The van der Waals surface area contributed by atoms with Gasteiger partial charge in [0.15, 0.2) is 0 Å². The Kier molecular flexibility index (Phi) is 5.60. The number of fused-ring (bicyclic) bond motifs is 1. The maximum Gasteiger partial charge on any atom is 0.253 e. The maximum absolute atomic E-state index is 13.7. The van der Waals surface area contributed by atoms with E-state index in [1.807, 2.05) is 36.5 Å². The van der Waals surface area contributed by atoms with E-state index in [9.17, 15) is 9.18 Å². The Morgan fingerprint density at radius 2 is 2.06 bits per heavy atom. The van der Waals surface area contributed by atoms with Gasteiger partial charge in [0.05, 0.1) is 28.8 Å². The van der Waals surface area contributed by atoms with Gasteiger partial charge >= 0.3 is 0 Å². The van der Waals surface area contributed by atoms with Gasteiger partial charge in [-0.2, -0.15) is 0 Å². The van der Waals surface area contributed by atoms with Crippen LogP contribution < -0.4 is 5.32 Å². The molecule has 0 aliphatic carbocycles. The van der Waals surface area contributed by atoms with Crippen molar-refractivity contribution >= 4 is 16.9 Å². The molecule has 1 saturated heterocycles. The summed E-state index contributed by atoms with van der Waals surface area (Å²) in [6.45, 7) is 2.81. The molecule has 0 atom stereocenters. The summed E-state index contributed by atoms with van der Waals surface area (Å²) in [4.78, 5) is 31.1. The number of hydrogen-bond donors (Lipinski definition) is 2. The number of rotatable bonds is 7. The van der Waals surface area contributed by atoms with Gasteiger partial charge < -0.3 is 15.2 Å². The van der Waals surface area contributed by atoms with Crippen LogP contribution in [0, 0.1) is 5.82 Å². The van der Waals surface area contributed by atoms with E-state index in [1.165, 1.54) is 24.5 Å². The molecule has 0 unspecified atom stereocenters. The van der Waals surface area contributed by atoms with Crippen molar-refractivity contribution in [3.8, 4) is 0 Å². The molecule has 5 rings (SSSR count). The van der Waals surface area contributed by atoms with Crippen LogP contribution in [0.15, 0.2) is 61.1 Å². The number of benzene rings is 1. The number of carbonyl (C=O) groups is 1. The van der Waals surface area contributed by atoms with Crippen molar-refractivity contribution in [1.29, 1.82) is 0 Å². The first-order chi connectivity index (χ1) is 15.7. The largest absolute Gasteiger partial charge is 0.346 e. The molecule has 162 valence electrons. The summed E-state index contributed by atoms with van der Waals surface area (Å²) >= 11 is 0. The first-order valence-corrected chi connectivity index (χ1v) is 10.6. The van der Waals surface area contributed by atoms with Crippen LogP contribution in [-0.4, -0.2) is 50.4 Å². The van der Waals surface area contributed by atoms with Gasteiger partial charge in [0.2, 0.25) is 0 Å². The number of carbonyl (C=O) groups excluding carboxylic acids is 1. The van der Waals surface area contributed by atoms with Crippen LogP contribution in [0.3, 0.4) is 0 Å². The summed E-state index contributed by atoms with van der Waals surface area (Å²) in [7, 11) is 0. The molecule has 0 radical (unpaired) electrons. The predicted octanol–water partition coefficient (Wildman–Crippen LogP) is 3.06. The predicted molar refractivity (Wildman–Crippen MR) is 119 cm³/mol. The van der Waals surface area contributed by atoms with E-state index in [4.69, 9.17) is 0 Å². The molecule has 1 aliphatic heterocycles. The number of para-hydroxylation sites is 2.